The zero-order valence-electron chi connectivity index (χ0n) is 23.5. The lowest BCUT2D eigenvalue weighted by Crippen LogP contribution is -2.39. The highest BCUT2D eigenvalue weighted by molar-refractivity contribution is 7.07. The lowest BCUT2D eigenvalue weighted by molar-refractivity contribution is -0.139. The van der Waals surface area contributed by atoms with Crippen LogP contribution in [0.3, 0.4) is 0 Å². The van der Waals surface area contributed by atoms with Crippen molar-refractivity contribution in [1.82, 2.24) is 4.57 Å². The third kappa shape index (κ3) is 6.68. The summed E-state index contributed by atoms with van der Waals surface area (Å²) in [4.78, 5) is 32.3. The zero-order chi connectivity index (χ0) is 30.7. The van der Waals surface area contributed by atoms with E-state index in [9.17, 15) is 9.59 Å². The van der Waals surface area contributed by atoms with Crippen LogP contribution < -0.4 is 24.4 Å². The van der Waals surface area contributed by atoms with Gasteiger partial charge in [0.1, 0.15) is 18.1 Å². The third-order valence-electron chi connectivity index (χ3n) is 6.68. The quantitative estimate of drug-likeness (QED) is 0.187. The van der Waals surface area contributed by atoms with Gasteiger partial charge in [-0.05, 0) is 74.9 Å². The topological polar surface area (TPSA) is 79.1 Å². The number of nitrogens with zero attached hydrogens (tertiary/aromatic N) is 2. The number of rotatable bonds is 9. The highest BCUT2D eigenvalue weighted by atomic mass is 35.5. The van der Waals surface area contributed by atoms with Crippen LogP contribution >= 0.6 is 46.1 Å². The van der Waals surface area contributed by atoms with Crippen molar-refractivity contribution in [3.05, 3.63) is 123 Å². The maximum Gasteiger partial charge on any atom is 0.338 e. The number of benzene rings is 3. The molecule has 0 unspecified atom stereocenters. The normalized spacial score (nSPS) is 14.7. The SMILES string of the molecule is CCOC(=O)C1=C(C)N=c2s/c(=C\c3cc(Cl)ccc3OCc3ccc(Cl)cc3Cl)c(=O)n2[C@H]1c1ccc(OCC)cc1. The van der Waals surface area contributed by atoms with E-state index in [1.807, 2.05) is 31.2 Å². The van der Waals surface area contributed by atoms with Crippen molar-refractivity contribution in [2.75, 3.05) is 13.2 Å². The Morgan fingerprint density at radius 3 is 2.40 bits per heavy atom. The fourth-order valence-corrected chi connectivity index (χ4v) is 6.40. The van der Waals surface area contributed by atoms with E-state index in [0.717, 1.165) is 11.1 Å². The van der Waals surface area contributed by atoms with E-state index in [-0.39, 0.29) is 18.8 Å². The molecule has 4 aromatic rings. The molecule has 222 valence electrons. The van der Waals surface area contributed by atoms with Gasteiger partial charge in [0.15, 0.2) is 4.80 Å². The number of allylic oxidation sites excluding steroid dienone is 1. The summed E-state index contributed by atoms with van der Waals surface area (Å²) in [5, 5.41) is 1.49. The molecule has 1 aromatic heterocycles. The first-order valence-electron chi connectivity index (χ1n) is 13.5. The first-order chi connectivity index (χ1) is 20.7. The van der Waals surface area contributed by atoms with Crippen molar-refractivity contribution < 1.29 is 19.0 Å². The first kappa shape index (κ1) is 30.9. The first-order valence-corrected chi connectivity index (χ1v) is 15.4. The number of hydrogen-bond acceptors (Lipinski definition) is 7. The van der Waals surface area contributed by atoms with E-state index in [1.54, 1.807) is 56.3 Å². The molecule has 7 nitrogen and oxygen atoms in total. The number of esters is 1. The van der Waals surface area contributed by atoms with Crippen LogP contribution in [0.1, 0.15) is 43.5 Å². The molecule has 0 saturated heterocycles. The van der Waals surface area contributed by atoms with E-state index < -0.39 is 12.0 Å². The maximum absolute atomic E-state index is 14.0. The van der Waals surface area contributed by atoms with Gasteiger partial charge >= 0.3 is 5.97 Å². The molecule has 1 aliphatic heterocycles. The van der Waals surface area contributed by atoms with Crippen molar-refractivity contribution >= 4 is 58.2 Å². The van der Waals surface area contributed by atoms with Crippen molar-refractivity contribution in [3.8, 4) is 11.5 Å². The molecule has 0 fully saturated rings. The summed E-state index contributed by atoms with van der Waals surface area (Å²) in [5.41, 5.74) is 2.54. The lowest BCUT2D eigenvalue weighted by atomic mass is 9.96. The number of carbonyl (C=O) groups excluding carboxylic acids is 1. The van der Waals surface area contributed by atoms with Gasteiger partial charge in [0, 0.05) is 26.2 Å². The molecule has 3 aromatic carbocycles. The van der Waals surface area contributed by atoms with Gasteiger partial charge < -0.3 is 14.2 Å². The minimum atomic E-state index is -0.741. The highest BCUT2D eigenvalue weighted by Crippen LogP contribution is 2.32. The molecular formula is C32H27Cl3N2O5S. The van der Waals surface area contributed by atoms with Crippen molar-refractivity contribution in [3.63, 3.8) is 0 Å². The Morgan fingerprint density at radius 1 is 0.977 bits per heavy atom. The number of carbonyl (C=O) groups is 1. The minimum absolute atomic E-state index is 0.180. The van der Waals surface area contributed by atoms with E-state index in [2.05, 4.69) is 4.99 Å². The fourth-order valence-electron chi connectivity index (χ4n) is 4.72. The predicted molar refractivity (Wildman–Crippen MR) is 170 cm³/mol. The highest BCUT2D eigenvalue weighted by Gasteiger charge is 2.33. The number of aromatic nitrogens is 1. The molecule has 0 aliphatic carbocycles. The van der Waals surface area contributed by atoms with Gasteiger partial charge in [-0.1, -0.05) is 64.3 Å². The molecule has 11 heteroatoms. The summed E-state index contributed by atoms with van der Waals surface area (Å²) >= 11 is 19.9. The summed E-state index contributed by atoms with van der Waals surface area (Å²) in [6.07, 6.45) is 1.72. The molecule has 43 heavy (non-hydrogen) atoms. The summed E-state index contributed by atoms with van der Waals surface area (Å²) in [5.74, 6) is 0.668. The van der Waals surface area contributed by atoms with Crippen LogP contribution in [0.4, 0.5) is 0 Å². The van der Waals surface area contributed by atoms with Gasteiger partial charge in [0.25, 0.3) is 5.56 Å². The van der Waals surface area contributed by atoms with Crippen molar-refractivity contribution in [2.24, 2.45) is 4.99 Å². The van der Waals surface area contributed by atoms with Gasteiger partial charge in [-0.3, -0.25) is 9.36 Å². The van der Waals surface area contributed by atoms with Crippen LogP contribution in [-0.4, -0.2) is 23.8 Å². The van der Waals surface area contributed by atoms with Gasteiger partial charge in [0.05, 0.1) is 35.1 Å². The molecule has 0 N–H and O–H groups in total. The van der Waals surface area contributed by atoms with E-state index in [0.29, 0.717) is 59.3 Å². The Balaban J connectivity index is 1.60. The third-order valence-corrected chi connectivity index (χ3v) is 8.49. The average Bonchev–Trinajstić information content (AvgIpc) is 3.27. The Labute approximate surface area is 267 Å². The summed E-state index contributed by atoms with van der Waals surface area (Å²) < 4.78 is 19.0. The molecule has 5 rings (SSSR count). The standard InChI is InChI=1S/C32H27Cl3N2O5S/c1-4-40-24-11-7-19(8-12-24)29-28(31(39)41-5-2)18(3)36-32-37(29)30(38)27(43-32)15-21-14-22(33)10-13-26(21)42-17-20-6-9-23(34)16-25(20)35/h6-16,29H,4-5,17H2,1-3H3/b27-15-/t29-/m0/s1. The summed E-state index contributed by atoms with van der Waals surface area (Å²) in [6, 6.07) is 16.9. The lowest BCUT2D eigenvalue weighted by Gasteiger charge is -2.24. The van der Waals surface area contributed by atoms with Crippen LogP contribution in [0.2, 0.25) is 15.1 Å². The fraction of sp³-hybridized carbons (Fsp3) is 0.219. The number of fused-ring (bicyclic) bond motifs is 1. The maximum atomic E-state index is 14.0. The smallest absolute Gasteiger partial charge is 0.338 e. The molecule has 0 bridgehead atoms. The minimum Gasteiger partial charge on any atom is -0.494 e. The van der Waals surface area contributed by atoms with E-state index >= 15 is 0 Å². The Morgan fingerprint density at radius 2 is 1.70 bits per heavy atom. The molecule has 0 radical (unpaired) electrons. The molecule has 0 saturated carbocycles. The van der Waals surface area contributed by atoms with Crippen LogP contribution in [-0.2, 0) is 16.1 Å². The Hall–Kier alpha value is -3.56. The predicted octanol–water partition coefficient (Wildman–Crippen LogP) is 6.74. The summed E-state index contributed by atoms with van der Waals surface area (Å²) in [6.45, 7) is 6.27. The van der Waals surface area contributed by atoms with Gasteiger partial charge in [-0.15, -0.1) is 0 Å². The van der Waals surface area contributed by atoms with Crippen LogP contribution in [0.25, 0.3) is 6.08 Å². The van der Waals surface area contributed by atoms with E-state index in [4.69, 9.17) is 49.0 Å². The summed E-state index contributed by atoms with van der Waals surface area (Å²) in [7, 11) is 0. The Kier molecular flexibility index (Phi) is 9.62. The van der Waals surface area contributed by atoms with Gasteiger partial charge in [-0.25, -0.2) is 9.79 Å². The molecule has 2 heterocycles. The van der Waals surface area contributed by atoms with Crippen LogP contribution in [0, 0.1) is 0 Å². The average molecular weight is 658 g/mol. The second-order valence-corrected chi connectivity index (χ2v) is 11.8. The largest absolute Gasteiger partial charge is 0.494 e. The van der Waals surface area contributed by atoms with Gasteiger partial charge in [-0.2, -0.15) is 0 Å². The van der Waals surface area contributed by atoms with Gasteiger partial charge in [0.2, 0.25) is 0 Å². The molecule has 0 amide bonds. The number of ether oxygens (including phenoxy) is 3. The molecular weight excluding hydrogens is 631 g/mol. The monoisotopic (exact) mass is 656 g/mol. The molecule has 0 spiro atoms. The number of thiazole rings is 1. The molecule has 1 aliphatic rings. The van der Waals surface area contributed by atoms with Crippen LogP contribution in [0.5, 0.6) is 11.5 Å². The van der Waals surface area contributed by atoms with Crippen molar-refractivity contribution in [1.29, 1.82) is 0 Å². The Bertz CT molecular complexity index is 1900. The number of halogens is 3. The second kappa shape index (κ2) is 13.4. The zero-order valence-corrected chi connectivity index (χ0v) is 26.6. The molecule has 1 atom stereocenters. The second-order valence-electron chi connectivity index (χ2n) is 9.51. The van der Waals surface area contributed by atoms with E-state index in [1.165, 1.54) is 15.9 Å². The van der Waals surface area contributed by atoms with Crippen LogP contribution in [0.15, 0.2) is 81.7 Å². The number of hydrogen-bond donors (Lipinski definition) is 0. The van der Waals surface area contributed by atoms with Crippen molar-refractivity contribution in [2.45, 2.75) is 33.4 Å².